The fourth-order valence-electron chi connectivity index (χ4n) is 3.65. The Morgan fingerprint density at radius 2 is 1.88 bits per heavy atom. The van der Waals surface area contributed by atoms with E-state index in [1.54, 1.807) is 18.3 Å². The highest BCUT2D eigenvalue weighted by molar-refractivity contribution is 5.92. The van der Waals surface area contributed by atoms with Crippen LogP contribution in [-0.2, 0) is 17.8 Å². The van der Waals surface area contributed by atoms with Crippen LogP contribution in [0.1, 0.15) is 11.1 Å². The van der Waals surface area contributed by atoms with Crippen molar-refractivity contribution in [2.75, 3.05) is 17.4 Å². The number of H-pyrrole nitrogens is 1. The summed E-state index contributed by atoms with van der Waals surface area (Å²) in [6, 6.07) is 19.6. The first-order chi connectivity index (χ1) is 16.2. The molecule has 0 atom stereocenters. The smallest absolute Gasteiger partial charge is 0.231 e. The summed E-state index contributed by atoms with van der Waals surface area (Å²) >= 11 is 0. The van der Waals surface area contributed by atoms with Crippen LogP contribution >= 0.6 is 0 Å². The third kappa shape index (κ3) is 4.64. The van der Waals surface area contributed by atoms with Gasteiger partial charge >= 0.3 is 0 Å². The third-order valence-electron chi connectivity index (χ3n) is 5.31. The Morgan fingerprint density at radius 3 is 2.76 bits per heavy atom. The average Bonchev–Trinajstić information content (AvgIpc) is 3.49. The number of rotatable bonds is 7. The topological polar surface area (TPSA) is 88.3 Å². The monoisotopic (exact) mass is 444 g/mol. The lowest BCUT2D eigenvalue weighted by atomic mass is 10.1. The van der Waals surface area contributed by atoms with Crippen molar-refractivity contribution in [1.29, 1.82) is 0 Å². The highest BCUT2D eigenvalue weighted by atomic mass is 19.1. The van der Waals surface area contributed by atoms with Crippen molar-refractivity contribution < 1.29 is 18.7 Å². The van der Waals surface area contributed by atoms with E-state index in [0.29, 0.717) is 23.7 Å². The Kier molecular flexibility index (Phi) is 5.63. The molecule has 0 saturated carbocycles. The van der Waals surface area contributed by atoms with Crippen molar-refractivity contribution in [2.45, 2.75) is 13.0 Å². The molecule has 1 aromatic heterocycles. The number of carbonyl (C=O) groups is 1. The summed E-state index contributed by atoms with van der Waals surface area (Å²) in [5.74, 6) is 0.630. The molecule has 1 aliphatic rings. The van der Waals surface area contributed by atoms with E-state index in [4.69, 9.17) is 9.47 Å². The lowest BCUT2D eigenvalue weighted by Crippen LogP contribution is -2.15. The number of hydrogen-bond acceptors (Lipinski definition) is 5. The van der Waals surface area contributed by atoms with Gasteiger partial charge in [-0.15, -0.1) is 0 Å². The number of ether oxygens (including phenoxy) is 2. The minimum atomic E-state index is -0.494. The molecule has 0 bridgehead atoms. The second-order valence-corrected chi connectivity index (χ2v) is 7.60. The first-order valence-corrected chi connectivity index (χ1v) is 10.5. The van der Waals surface area contributed by atoms with Gasteiger partial charge in [-0.05, 0) is 42.0 Å². The largest absolute Gasteiger partial charge is 0.454 e. The minimum absolute atomic E-state index is 0.129. The third-order valence-corrected chi connectivity index (χ3v) is 5.31. The summed E-state index contributed by atoms with van der Waals surface area (Å²) in [5.41, 5.74) is 4.35. The van der Waals surface area contributed by atoms with Crippen LogP contribution < -0.4 is 20.1 Å². The summed E-state index contributed by atoms with van der Waals surface area (Å²) < 4.78 is 25.1. The maximum Gasteiger partial charge on any atom is 0.231 e. The van der Waals surface area contributed by atoms with E-state index in [0.717, 1.165) is 22.4 Å². The van der Waals surface area contributed by atoms with Gasteiger partial charge in [0.2, 0.25) is 12.7 Å². The molecule has 1 amide bonds. The Hall–Kier alpha value is -4.33. The van der Waals surface area contributed by atoms with Gasteiger partial charge in [-0.1, -0.05) is 30.3 Å². The molecule has 4 aromatic rings. The highest BCUT2D eigenvalue weighted by Crippen LogP contribution is 2.36. The fraction of sp³-hybridized carbons (Fsp3) is 0.120. The summed E-state index contributed by atoms with van der Waals surface area (Å²) in [4.78, 5) is 12.3. The Labute approximate surface area is 189 Å². The van der Waals surface area contributed by atoms with Crippen LogP contribution in [0.4, 0.5) is 15.8 Å². The van der Waals surface area contributed by atoms with Crippen molar-refractivity contribution in [2.24, 2.45) is 0 Å². The number of aromatic amines is 1. The van der Waals surface area contributed by atoms with Gasteiger partial charge in [0.15, 0.2) is 11.5 Å². The van der Waals surface area contributed by atoms with Gasteiger partial charge < -0.3 is 20.1 Å². The molecule has 0 aliphatic carbocycles. The minimum Gasteiger partial charge on any atom is -0.454 e. The number of halogens is 1. The number of amides is 1. The molecule has 3 aromatic carbocycles. The molecule has 3 N–H and O–H groups in total. The van der Waals surface area contributed by atoms with Crippen molar-refractivity contribution in [3.05, 3.63) is 89.9 Å². The maximum absolute atomic E-state index is 14.3. The standard InChI is InChI=1S/C25H21FN4O3/c26-20-8-7-19(12-21(20)29-24(31)10-16-4-2-1-3-5-16)27-13-18-14-28-30-25(18)17-6-9-22-23(11-17)33-15-32-22/h1-9,11-12,14,27H,10,13,15H2,(H,28,30)(H,29,31). The van der Waals surface area contributed by atoms with Crippen LogP contribution in [-0.4, -0.2) is 22.9 Å². The number of carbonyl (C=O) groups excluding carboxylic acids is 1. The van der Waals surface area contributed by atoms with Crippen molar-refractivity contribution in [1.82, 2.24) is 10.2 Å². The van der Waals surface area contributed by atoms with Gasteiger partial charge in [0, 0.05) is 23.4 Å². The van der Waals surface area contributed by atoms with Crippen LogP contribution in [0.3, 0.4) is 0 Å². The van der Waals surface area contributed by atoms with Gasteiger partial charge in [-0.2, -0.15) is 5.10 Å². The Bertz CT molecular complexity index is 1290. The molecule has 33 heavy (non-hydrogen) atoms. The van der Waals surface area contributed by atoms with E-state index in [1.807, 2.05) is 48.5 Å². The number of benzene rings is 3. The van der Waals surface area contributed by atoms with E-state index in [-0.39, 0.29) is 24.8 Å². The summed E-state index contributed by atoms with van der Waals surface area (Å²) in [5, 5.41) is 13.1. The first-order valence-electron chi connectivity index (χ1n) is 10.5. The highest BCUT2D eigenvalue weighted by Gasteiger charge is 2.16. The average molecular weight is 444 g/mol. The zero-order valence-electron chi connectivity index (χ0n) is 17.6. The number of anilines is 2. The molecule has 8 heteroatoms. The summed E-state index contributed by atoms with van der Waals surface area (Å²) in [6.45, 7) is 0.661. The molecule has 7 nitrogen and oxygen atoms in total. The normalized spacial score (nSPS) is 11.9. The fourth-order valence-corrected chi connectivity index (χ4v) is 3.65. The molecule has 0 unspecified atom stereocenters. The molecule has 166 valence electrons. The number of aromatic nitrogens is 2. The number of nitrogens with one attached hydrogen (secondary N) is 3. The van der Waals surface area contributed by atoms with Gasteiger partial charge in [-0.3, -0.25) is 9.89 Å². The quantitative estimate of drug-likeness (QED) is 0.383. The second kappa shape index (κ2) is 9.04. The number of fused-ring (bicyclic) bond motifs is 1. The van der Waals surface area contributed by atoms with E-state index in [9.17, 15) is 9.18 Å². The van der Waals surface area contributed by atoms with E-state index >= 15 is 0 Å². The maximum atomic E-state index is 14.3. The number of nitrogens with zero attached hydrogens (tertiary/aromatic N) is 1. The van der Waals surface area contributed by atoms with E-state index in [2.05, 4.69) is 20.8 Å². The Balaban J connectivity index is 1.27. The molecule has 0 spiro atoms. The molecular formula is C25H21FN4O3. The van der Waals surface area contributed by atoms with Crippen molar-refractivity contribution in [3.63, 3.8) is 0 Å². The predicted octanol–water partition coefficient (Wildman–Crippen LogP) is 4.74. The SMILES string of the molecule is O=C(Cc1ccccc1)Nc1cc(NCc2cn[nH]c2-c2ccc3c(c2)OCO3)ccc1F. The molecule has 0 saturated heterocycles. The van der Waals surface area contributed by atoms with E-state index in [1.165, 1.54) is 6.07 Å². The molecule has 2 heterocycles. The molecule has 5 rings (SSSR count). The van der Waals surface area contributed by atoms with Crippen LogP contribution in [0.5, 0.6) is 11.5 Å². The molecule has 1 aliphatic heterocycles. The summed E-state index contributed by atoms with van der Waals surface area (Å²) in [7, 11) is 0. The van der Waals surface area contributed by atoms with Gasteiger partial charge in [-0.25, -0.2) is 4.39 Å². The van der Waals surface area contributed by atoms with Crippen LogP contribution in [0.2, 0.25) is 0 Å². The number of hydrogen-bond donors (Lipinski definition) is 3. The van der Waals surface area contributed by atoms with Gasteiger partial charge in [0.05, 0.1) is 24.0 Å². The van der Waals surface area contributed by atoms with Crippen LogP contribution in [0, 0.1) is 5.82 Å². The molecular weight excluding hydrogens is 423 g/mol. The van der Waals surface area contributed by atoms with Crippen molar-refractivity contribution >= 4 is 17.3 Å². The van der Waals surface area contributed by atoms with Crippen LogP contribution in [0.15, 0.2) is 72.9 Å². The zero-order valence-corrected chi connectivity index (χ0v) is 17.6. The first kappa shape index (κ1) is 20.6. The summed E-state index contributed by atoms with van der Waals surface area (Å²) in [6.07, 6.45) is 1.91. The predicted molar refractivity (Wildman–Crippen MR) is 123 cm³/mol. The second-order valence-electron chi connectivity index (χ2n) is 7.60. The lowest BCUT2D eigenvalue weighted by molar-refractivity contribution is -0.115. The molecule has 0 fully saturated rings. The lowest BCUT2D eigenvalue weighted by Gasteiger charge is -2.11. The van der Waals surface area contributed by atoms with Crippen LogP contribution in [0.25, 0.3) is 11.3 Å². The van der Waals surface area contributed by atoms with Gasteiger partial charge in [0.25, 0.3) is 0 Å². The van der Waals surface area contributed by atoms with Crippen molar-refractivity contribution in [3.8, 4) is 22.8 Å². The van der Waals surface area contributed by atoms with E-state index < -0.39 is 5.82 Å². The molecule has 0 radical (unpaired) electrons. The zero-order chi connectivity index (χ0) is 22.6. The Morgan fingerprint density at radius 1 is 1.03 bits per heavy atom. The van der Waals surface area contributed by atoms with Gasteiger partial charge in [0.1, 0.15) is 5.82 Å².